The average molecular weight is 403 g/mol. The molecule has 1 unspecified atom stereocenters. The molecular weight excluding hydrogens is 376 g/mol. The van der Waals surface area contributed by atoms with E-state index in [-0.39, 0.29) is 28.3 Å². The van der Waals surface area contributed by atoms with Gasteiger partial charge in [0.25, 0.3) is 15.9 Å². The zero-order valence-electron chi connectivity index (χ0n) is 16.6. The number of carbonyl (C=O) groups is 1. The molecule has 28 heavy (non-hydrogen) atoms. The number of ether oxygens (including phenoxy) is 1. The second-order valence-corrected chi connectivity index (χ2v) is 9.19. The van der Waals surface area contributed by atoms with Crippen LogP contribution in [0.1, 0.15) is 36.7 Å². The molecule has 1 aliphatic heterocycles. The molecule has 6 nitrogen and oxygen atoms in total. The zero-order valence-corrected chi connectivity index (χ0v) is 17.4. The number of carbonyl (C=O) groups excluding carboxylic acids is 1. The van der Waals surface area contributed by atoms with Gasteiger partial charge in [-0.15, -0.1) is 0 Å². The monoisotopic (exact) mass is 402 g/mol. The molecule has 2 aromatic rings. The third-order valence-electron chi connectivity index (χ3n) is 5.21. The Morgan fingerprint density at radius 3 is 2.54 bits per heavy atom. The Kier molecular flexibility index (Phi) is 5.65. The fourth-order valence-corrected chi connectivity index (χ4v) is 4.69. The van der Waals surface area contributed by atoms with Crippen LogP contribution < -0.4 is 14.4 Å². The third-order valence-corrected chi connectivity index (χ3v) is 7.02. The molecule has 2 aromatic carbocycles. The normalized spacial score (nSPS) is 14.7. The lowest BCUT2D eigenvalue weighted by Gasteiger charge is -2.21. The first-order valence-corrected chi connectivity index (χ1v) is 10.8. The number of nitrogens with one attached hydrogen (secondary N) is 1. The number of amides is 1. The fraction of sp³-hybridized carbons (Fsp3) is 0.381. The molecule has 7 heteroatoms. The van der Waals surface area contributed by atoms with Crippen molar-refractivity contribution in [2.24, 2.45) is 5.92 Å². The summed E-state index contributed by atoms with van der Waals surface area (Å²) in [7, 11) is -2.32. The largest absolute Gasteiger partial charge is 0.496 e. The van der Waals surface area contributed by atoms with E-state index in [0.717, 1.165) is 5.56 Å². The Labute approximate surface area is 166 Å². The van der Waals surface area contributed by atoms with Crippen LogP contribution in [-0.4, -0.2) is 34.0 Å². The van der Waals surface area contributed by atoms with Crippen LogP contribution in [0, 0.1) is 5.92 Å². The molecule has 1 N–H and O–H groups in total. The van der Waals surface area contributed by atoms with Crippen molar-refractivity contribution < 1.29 is 17.9 Å². The van der Waals surface area contributed by atoms with E-state index in [1.807, 2.05) is 39.0 Å². The Balaban J connectivity index is 1.98. The molecule has 150 valence electrons. The highest BCUT2D eigenvalue weighted by Crippen LogP contribution is 2.33. The van der Waals surface area contributed by atoms with E-state index in [2.05, 4.69) is 5.32 Å². The molecule has 0 aliphatic carbocycles. The number of hydrogen-bond acceptors (Lipinski definition) is 4. The number of para-hydroxylation sites is 1. The summed E-state index contributed by atoms with van der Waals surface area (Å²) in [5.41, 5.74) is 1.91. The van der Waals surface area contributed by atoms with Gasteiger partial charge in [0.15, 0.2) is 0 Å². The highest BCUT2D eigenvalue weighted by atomic mass is 32.2. The maximum Gasteiger partial charge on any atom is 0.264 e. The first kappa shape index (κ1) is 20.2. The van der Waals surface area contributed by atoms with Gasteiger partial charge in [0.2, 0.25) is 0 Å². The molecule has 0 bridgehead atoms. The van der Waals surface area contributed by atoms with E-state index in [0.29, 0.717) is 24.4 Å². The van der Waals surface area contributed by atoms with Gasteiger partial charge in [0, 0.05) is 12.6 Å². The van der Waals surface area contributed by atoms with Gasteiger partial charge in [-0.05, 0) is 49.1 Å². The number of fused-ring (bicyclic) bond motifs is 1. The Morgan fingerprint density at radius 1 is 1.14 bits per heavy atom. The van der Waals surface area contributed by atoms with Crippen molar-refractivity contribution in [2.45, 2.75) is 38.1 Å². The van der Waals surface area contributed by atoms with Crippen molar-refractivity contribution in [3.63, 3.8) is 0 Å². The first-order chi connectivity index (χ1) is 13.3. The summed E-state index contributed by atoms with van der Waals surface area (Å²) in [6, 6.07) is 11.8. The van der Waals surface area contributed by atoms with E-state index in [1.54, 1.807) is 6.07 Å². The Bertz CT molecular complexity index is 986. The summed E-state index contributed by atoms with van der Waals surface area (Å²) in [6.07, 6.45) is 0.671. The fourth-order valence-electron chi connectivity index (χ4n) is 3.16. The number of rotatable bonds is 6. The lowest BCUT2D eigenvalue weighted by molar-refractivity contribution is 0.0927. The summed E-state index contributed by atoms with van der Waals surface area (Å²) in [5, 5.41) is 2.91. The summed E-state index contributed by atoms with van der Waals surface area (Å²) in [4.78, 5) is 12.8. The van der Waals surface area contributed by atoms with E-state index in [1.165, 1.54) is 29.6 Å². The molecule has 0 saturated heterocycles. The van der Waals surface area contributed by atoms with Crippen molar-refractivity contribution >= 4 is 21.6 Å². The van der Waals surface area contributed by atoms with Crippen LogP contribution in [-0.2, 0) is 16.4 Å². The van der Waals surface area contributed by atoms with Crippen LogP contribution in [0.3, 0.4) is 0 Å². The maximum absolute atomic E-state index is 13.3. The van der Waals surface area contributed by atoms with Crippen molar-refractivity contribution in [1.29, 1.82) is 0 Å². The topological polar surface area (TPSA) is 75.7 Å². The minimum absolute atomic E-state index is 0.0528. The number of methoxy groups -OCH3 is 1. The highest BCUT2D eigenvalue weighted by molar-refractivity contribution is 7.92. The van der Waals surface area contributed by atoms with Crippen molar-refractivity contribution in [2.75, 3.05) is 18.0 Å². The van der Waals surface area contributed by atoms with Crippen molar-refractivity contribution in [1.82, 2.24) is 5.32 Å². The third kappa shape index (κ3) is 3.71. The second kappa shape index (κ2) is 7.83. The molecule has 1 heterocycles. The van der Waals surface area contributed by atoms with E-state index in [4.69, 9.17) is 4.74 Å². The van der Waals surface area contributed by atoms with Crippen LogP contribution in [0.4, 0.5) is 5.69 Å². The Morgan fingerprint density at radius 2 is 1.86 bits per heavy atom. The zero-order chi connectivity index (χ0) is 20.5. The lowest BCUT2D eigenvalue weighted by atomic mass is 10.1. The minimum atomic E-state index is -3.78. The molecule has 0 aromatic heterocycles. The van der Waals surface area contributed by atoms with Crippen LogP contribution in [0.15, 0.2) is 47.4 Å². The van der Waals surface area contributed by atoms with Crippen LogP contribution in [0.5, 0.6) is 5.75 Å². The SMILES string of the molecule is COc1ccc(S(=O)(=O)N2CCc3ccccc32)cc1C(=O)NC(C)C(C)C. The second-order valence-electron chi connectivity index (χ2n) is 7.32. The van der Waals surface area contributed by atoms with E-state index in [9.17, 15) is 13.2 Å². The first-order valence-electron chi connectivity index (χ1n) is 9.35. The van der Waals surface area contributed by atoms with Crippen LogP contribution in [0.2, 0.25) is 0 Å². The molecular formula is C21H26N2O4S. The summed E-state index contributed by atoms with van der Waals surface area (Å²) in [6.45, 7) is 6.32. The number of hydrogen-bond donors (Lipinski definition) is 1. The van der Waals surface area contributed by atoms with E-state index >= 15 is 0 Å². The lowest BCUT2D eigenvalue weighted by Crippen LogP contribution is -2.36. The van der Waals surface area contributed by atoms with Gasteiger partial charge in [-0.1, -0.05) is 32.0 Å². The molecule has 3 rings (SSSR count). The molecule has 0 spiro atoms. The quantitative estimate of drug-likeness (QED) is 0.805. The molecule has 1 atom stereocenters. The summed E-state index contributed by atoms with van der Waals surface area (Å²) < 4.78 is 33.2. The van der Waals surface area contributed by atoms with Gasteiger partial charge in [-0.25, -0.2) is 8.42 Å². The highest BCUT2D eigenvalue weighted by Gasteiger charge is 2.31. The van der Waals surface area contributed by atoms with Crippen LogP contribution >= 0.6 is 0 Å². The number of sulfonamides is 1. The van der Waals surface area contributed by atoms with E-state index < -0.39 is 10.0 Å². The van der Waals surface area contributed by atoms with Crippen molar-refractivity contribution in [3.05, 3.63) is 53.6 Å². The van der Waals surface area contributed by atoms with Gasteiger partial charge >= 0.3 is 0 Å². The smallest absolute Gasteiger partial charge is 0.264 e. The molecule has 1 aliphatic rings. The molecule has 0 saturated carbocycles. The maximum atomic E-state index is 13.3. The average Bonchev–Trinajstić information content (AvgIpc) is 3.12. The summed E-state index contributed by atoms with van der Waals surface area (Å²) in [5.74, 6) is 0.245. The standard InChI is InChI=1S/C21H26N2O4S/c1-14(2)15(3)22-21(24)18-13-17(9-10-20(18)27-4)28(25,26)23-12-11-16-7-5-6-8-19(16)23/h5-10,13-15H,11-12H2,1-4H3,(H,22,24). The van der Waals surface area contributed by atoms with Gasteiger partial charge < -0.3 is 10.1 Å². The predicted octanol–water partition coefficient (Wildman–Crippen LogP) is 3.22. The van der Waals surface area contributed by atoms with Gasteiger partial charge in [-0.3, -0.25) is 9.10 Å². The summed E-state index contributed by atoms with van der Waals surface area (Å²) >= 11 is 0. The number of benzene rings is 2. The molecule has 0 fully saturated rings. The van der Waals surface area contributed by atoms with Crippen LogP contribution in [0.25, 0.3) is 0 Å². The molecule has 0 radical (unpaired) electrons. The number of nitrogens with zero attached hydrogens (tertiary/aromatic N) is 1. The Hall–Kier alpha value is -2.54. The van der Waals surface area contributed by atoms with Gasteiger partial charge in [0.05, 0.1) is 23.3 Å². The van der Waals surface area contributed by atoms with Crippen molar-refractivity contribution in [3.8, 4) is 5.75 Å². The van der Waals surface area contributed by atoms with Gasteiger partial charge in [-0.2, -0.15) is 0 Å². The molecule has 1 amide bonds. The minimum Gasteiger partial charge on any atom is -0.496 e. The predicted molar refractivity (Wildman–Crippen MR) is 109 cm³/mol. The van der Waals surface area contributed by atoms with Gasteiger partial charge in [0.1, 0.15) is 5.75 Å². The number of anilines is 1.